The molecule has 3 fully saturated rings. The number of imide groups is 1. The van der Waals surface area contributed by atoms with E-state index in [-0.39, 0.29) is 29.2 Å². The molecule has 3 aliphatic rings. The SMILES string of the molecule is Cn1cc(-c2ccc(CN3CCC(CCN4CCC(c5ccc(NC6CCC(=O)NC6=O)cc5)CC4)CC3)c(OC(F)(F)F)c2)c2ccccc2c1=O. The predicted molar refractivity (Wildman–Crippen MR) is 199 cm³/mol. The van der Waals surface area contributed by atoms with E-state index < -0.39 is 6.36 Å². The van der Waals surface area contributed by atoms with Gasteiger partial charge in [-0.3, -0.25) is 24.6 Å². The number of carbonyl (C=O) groups excluding carboxylic acids is 2. The molecular weight excluding hydrogens is 683 g/mol. The van der Waals surface area contributed by atoms with Crippen LogP contribution in [0.15, 0.2) is 77.7 Å². The monoisotopic (exact) mass is 729 g/mol. The number of fused-ring (bicyclic) bond motifs is 1. The highest BCUT2D eigenvalue weighted by atomic mass is 19.4. The number of pyridine rings is 1. The van der Waals surface area contributed by atoms with E-state index >= 15 is 0 Å². The Labute approximate surface area is 307 Å². The van der Waals surface area contributed by atoms with Crippen LogP contribution in [0, 0.1) is 5.92 Å². The molecule has 2 amide bonds. The topological polar surface area (TPSA) is 95.9 Å². The Morgan fingerprint density at radius 3 is 2.25 bits per heavy atom. The first-order valence-corrected chi connectivity index (χ1v) is 18.6. The number of ether oxygens (including phenoxy) is 1. The van der Waals surface area contributed by atoms with Crippen molar-refractivity contribution in [3.8, 4) is 16.9 Å². The Morgan fingerprint density at radius 1 is 0.849 bits per heavy atom. The number of likely N-dealkylation sites (tertiary alicyclic amines) is 2. The third-order valence-electron chi connectivity index (χ3n) is 11.2. The second-order valence-corrected chi connectivity index (χ2v) is 14.8. The maximum Gasteiger partial charge on any atom is 0.573 e. The minimum absolute atomic E-state index is 0.164. The number of carbonyl (C=O) groups is 2. The third kappa shape index (κ3) is 8.93. The number of halogens is 3. The van der Waals surface area contributed by atoms with Gasteiger partial charge in [0.2, 0.25) is 11.8 Å². The average Bonchev–Trinajstić information content (AvgIpc) is 3.15. The molecule has 0 bridgehead atoms. The van der Waals surface area contributed by atoms with Crippen molar-refractivity contribution in [2.45, 2.75) is 69.8 Å². The van der Waals surface area contributed by atoms with Gasteiger partial charge in [0.25, 0.3) is 5.56 Å². The Bertz CT molecular complexity index is 2000. The number of piperidine rings is 3. The number of aryl methyl sites for hydroxylation is 1. The molecule has 3 aliphatic heterocycles. The Morgan fingerprint density at radius 2 is 1.55 bits per heavy atom. The van der Waals surface area contributed by atoms with Crippen LogP contribution in [0.5, 0.6) is 5.75 Å². The molecule has 53 heavy (non-hydrogen) atoms. The Kier molecular flexibility index (Phi) is 10.9. The largest absolute Gasteiger partial charge is 0.573 e. The van der Waals surface area contributed by atoms with E-state index in [2.05, 4.69) is 37.3 Å². The van der Waals surface area contributed by atoms with Gasteiger partial charge in [-0.25, -0.2) is 0 Å². The van der Waals surface area contributed by atoms with Crippen molar-refractivity contribution in [2.24, 2.45) is 13.0 Å². The number of amides is 2. The Balaban J connectivity index is 0.889. The van der Waals surface area contributed by atoms with Crippen LogP contribution in [0.4, 0.5) is 18.9 Å². The van der Waals surface area contributed by atoms with Crippen molar-refractivity contribution in [2.75, 3.05) is 38.0 Å². The molecule has 9 nitrogen and oxygen atoms in total. The molecule has 0 spiro atoms. The summed E-state index contributed by atoms with van der Waals surface area (Å²) < 4.78 is 46.8. The van der Waals surface area contributed by atoms with Crippen LogP contribution in [0.2, 0.25) is 0 Å². The van der Waals surface area contributed by atoms with Gasteiger partial charge in [0, 0.05) is 48.4 Å². The molecule has 1 aromatic heterocycles. The molecule has 12 heteroatoms. The van der Waals surface area contributed by atoms with Crippen molar-refractivity contribution in [3.63, 3.8) is 0 Å². The van der Waals surface area contributed by atoms with Gasteiger partial charge in [0.05, 0.1) is 0 Å². The zero-order valence-corrected chi connectivity index (χ0v) is 30.0. The van der Waals surface area contributed by atoms with E-state index in [1.165, 1.54) is 16.2 Å². The van der Waals surface area contributed by atoms with Gasteiger partial charge < -0.3 is 19.5 Å². The first-order chi connectivity index (χ1) is 25.5. The Hall–Kier alpha value is -4.68. The lowest BCUT2D eigenvalue weighted by atomic mass is 9.88. The van der Waals surface area contributed by atoms with Crippen molar-refractivity contribution in [3.05, 3.63) is 94.4 Å². The van der Waals surface area contributed by atoms with Gasteiger partial charge in [-0.2, -0.15) is 0 Å². The van der Waals surface area contributed by atoms with E-state index in [4.69, 9.17) is 0 Å². The predicted octanol–water partition coefficient (Wildman–Crippen LogP) is 6.80. The summed E-state index contributed by atoms with van der Waals surface area (Å²) in [5, 5.41) is 6.82. The molecule has 4 aromatic rings. The number of rotatable bonds is 10. The number of hydrogen-bond acceptors (Lipinski definition) is 7. The van der Waals surface area contributed by atoms with Gasteiger partial charge in [-0.15, -0.1) is 13.2 Å². The molecule has 280 valence electrons. The standard InChI is InChI=1S/C41H46F3N5O4/c1-47-26-35(33-4-2-3-5-34(33)40(47)52)30-6-7-31(37(24-30)53-41(42,43)44)25-49-20-15-27(16-21-49)14-19-48-22-17-29(18-23-48)28-8-10-32(11-9-28)45-36-12-13-38(50)46-39(36)51/h2-11,24,26-27,29,36,45H,12-23,25H2,1H3,(H,46,50,51). The molecule has 0 saturated carbocycles. The number of nitrogens with zero attached hydrogens (tertiary/aromatic N) is 3. The normalized spacial score (nSPS) is 19.7. The molecule has 2 N–H and O–H groups in total. The zero-order chi connectivity index (χ0) is 37.1. The van der Waals surface area contributed by atoms with Gasteiger partial charge in [-0.1, -0.05) is 42.5 Å². The van der Waals surface area contributed by atoms with Crippen LogP contribution in [0.25, 0.3) is 21.9 Å². The van der Waals surface area contributed by atoms with Gasteiger partial charge >= 0.3 is 6.36 Å². The summed E-state index contributed by atoms with van der Waals surface area (Å²) in [6, 6.07) is 20.0. The first-order valence-electron chi connectivity index (χ1n) is 18.6. The van der Waals surface area contributed by atoms with Crippen LogP contribution < -0.4 is 20.9 Å². The molecule has 7 rings (SSSR count). The lowest BCUT2D eigenvalue weighted by Crippen LogP contribution is -2.47. The summed E-state index contributed by atoms with van der Waals surface area (Å²) in [5.74, 6) is 0.385. The molecule has 0 aliphatic carbocycles. The maximum atomic E-state index is 13.6. The number of nitrogens with one attached hydrogen (secondary N) is 2. The molecule has 4 heterocycles. The van der Waals surface area contributed by atoms with Crippen LogP contribution >= 0.6 is 0 Å². The van der Waals surface area contributed by atoms with Gasteiger partial charge in [0.15, 0.2) is 0 Å². The van der Waals surface area contributed by atoms with E-state index in [9.17, 15) is 27.6 Å². The number of anilines is 1. The van der Waals surface area contributed by atoms with Crippen LogP contribution in [0.3, 0.4) is 0 Å². The van der Waals surface area contributed by atoms with E-state index in [1.54, 1.807) is 31.4 Å². The second kappa shape index (κ2) is 15.7. The number of aromatic nitrogens is 1. The first kappa shape index (κ1) is 36.7. The number of alkyl halides is 3. The lowest BCUT2D eigenvalue weighted by molar-refractivity contribution is -0.275. The summed E-state index contributed by atoms with van der Waals surface area (Å²) in [4.78, 5) is 41.0. The lowest BCUT2D eigenvalue weighted by Gasteiger charge is -2.35. The summed E-state index contributed by atoms with van der Waals surface area (Å²) >= 11 is 0. The van der Waals surface area contributed by atoms with Crippen molar-refractivity contribution in [1.82, 2.24) is 19.7 Å². The second-order valence-electron chi connectivity index (χ2n) is 14.8. The van der Waals surface area contributed by atoms with Crippen molar-refractivity contribution in [1.29, 1.82) is 0 Å². The fourth-order valence-electron chi connectivity index (χ4n) is 8.13. The van der Waals surface area contributed by atoms with Crippen molar-refractivity contribution < 1.29 is 27.5 Å². The summed E-state index contributed by atoms with van der Waals surface area (Å²) in [5.41, 5.74) is 3.74. The molecule has 3 saturated heterocycles. The molecule has 1 atom stereocenters. The van der Waals surface area contributed by atoms with Crippen LogP contribution in [0.1, 0.15) is 62.0 Å². The zero-order valence-electron chi connectivity index (χ0n) is 30.0. The van der Waals surface area contributed by atoms with Crippen LogP contribution in [-0.4, -0.2) is 71.3 Å². The highest BCUT2D eigenvalue weighted by Crippen LogP contribution is 2.36. The number of benzene rings is 3. The molecule has 3 aromatic carbocycles. The van der Waals surface area contributed by atoms with Gasteiger partial charge in [0.1, 0.15) is 11.8 Å². The third-order valence-corrected chi connectivity index (χ3v) is 11.2. The van der Waals surface area contributed by atoms with E-state index in [0.717, 1.165) is 70.5 Å². The smallest absolute Gasteiger partial charge is 0.405 e. The minimum atomic E-state index is -4.83. The van der Waals surface area contributed by atoms with E-state index in [1.807, 2.05) is 30.3 Å². The maximum absolute atomic E-state index is 13.6. The van der Waals surface area contributed by atoms with Crippen LogP contribution in [-0.2, 0) is 23.2 Å². The van der Waals surface area contributed by atoms with E-state index in [0.29, 0.717) is 58.7 Å². The fourth-order valence-corrected chi connectivity index (χ4v) is 8.13. The van der Waals surface area contributed by atoms with Gasteiger partial charge in [-0.05, 0) is 124 Å². The minimum Gasteiger partial charge on any atom is -0.405 e. The highest BCUT2D eigenvalue weighted by molar-refractivity contribution is 6.01. The molecule has 0 radical (unpaired) electrons. The number of hydrogen-bond donors (Lipinski definition) is 2. The highest BCUT2D eigenvalue weighted by Gasteiger charge is 2.33. The summed E-state index contributed by atoms with van der Waals surface area (Å²) in [6.07, 6.45) is 3.00. The molecular formula is C41H46F3N5O4. The summed E-state index contributed by atoms with van der Waals surface area (Å²) in [6.45, 7) is 5.16. The quantitative estimate of drug-likeness (QED) is 0.174. The van der Waals surface area contributed by atoms with Crippen molar-refractivity contribution >= 4 is 28.3 Å². The molecule has 1 unspecified atom stereocenters. The fraction of sp³-hybridized carbons (Fsp3) is 0.439. The summed E-state index contributed by atoms with van der Waals surface area (Å²) in [7, 11) is 1.64. The average molecular weight is 730 g/mol.